The van der Waals surface area contributed by atoms with Gasteiger partial charge in [0, 0.05) is 26.2 Å². The van der Waals surface area contributed by atoms with Crippen LogP contribution in [0.4, 0.5) is 5.82 Å². The second-order valence-electron chi connectivity index (χ2n) is 5.01. The van der Waals surface area contributed by atoms with E-state index in [9.17, 15) is 8.42 Å². The lowest BCUT2D eigenvalue weighted by Crippen LogP contribution is -2.50. The van der Waals surface area contributed by atoms with Crippen molar-refractivity contribution in [1.29, 1.82) is 0 Å². The summed E-state index contributed by atoms with van der Waals surface area (Å²) < 4.78 is 25.7. The van der Waals surface area contributed by atoms with Gasteiger partial charge < -0.3 is 4.90 Å². The largest absolute Gasteiger partial charge is 0.352 e. The quantitative estimate of drug-likeness (QED) is 0.815. The highest BCUT2D eigenvalue weighted by Crippen LogP contribution is 2.16. The Bertz CT molecular complexity index is 519. The molecular weight excluding hydrogens is 264 g/mol. The first kappa shape index (κ1) is 14.2. The van der Waals surface area contributed by atoms with E-state index in [1.165, 1.54) is 0 Å². The first-order valence-electron chi connectivity index (χ1n) is 6.45. The van der Waals surface area contributed by atoms with E-state index in [0.717, 1.165) is 11.5 Å². The molecule has 0 bridgehead atoms. The molecule has 1 aromatic heterocycles. The van der Waals surface area contributed by atoms with Gasteiger partial charge in [0.25, 0.3) is 0 Å². The minimum atomic E-state index is -3.14. The topological polar surface area (TPSA) is 66.4 Å². The second-order valence-corrected chi connectivity index (χ2v) is 7.50. The average molecular weight is 284 g/mol. The molecule has 0 N–H and O–H groups in total. The third-order valence-corrected chi connectivity index (χ3v) is 5.58. The number of hydrogen-bond donors (Lipinski definition) is 0. The van der Waals surface area contributed by atoms with E-state index in [4.69, 9.17) is 0 Å². The van der Waals surface area contributed by atoms with Crippen molar-refractivity contribution in [1.82, 2.24) is 14.5 Å². The molecule has 0 spiro atoms. The van der Waals surface area contributed by atoms with Crippen molar-refractivity contribution in [2.24, 2.45) is 0 Å². The first-order valence-corrected chi connectivity index (χ1v) is 7.96. The number of piperazine rings is 1. The first-order chi connectivity index (χ1) is 8.91. The fourth-order valence-corrected chi connectivity index (χ4v) is 3.30. The summed E-state index contributed by atoms with van der Waals surface area (Å²) in [6.45, 7) is 7.66. The molecule has 0 aromatic carbocycles. The maximum Gasteiger partial charge on any atom is 0.216 e. The molecular formula is C12H20N4O2S. The summed E-state index contributed by atoms with van der Waals surface area (Å²) >= 11 is 0. The molecule has 0 amide bonds. The Morgan fingerprint density at radius 1 is 1.11 bits per heavy atom. The second kappa shape index (κ2) is 5.42. The van der Waals surface area contributed by atoms with Crippen LogP contribution in [0.3, 0.4) is 0 Å². The van der Waals surface area contributed by atoms with Crippen molar-refractivity contribution in [2.75, 3.05) is 31.1 Å². The monoisotopic (exact) mass is 284 g/mol. The van der Waals surface area contributed by atoms with Gasteiger partial charge in [-0.1, -0.05) is 0 Å². The lowest BCUT2D eigenvalue weighted by atomic mass is 10.3. The molecule has 1 aliphatic rings. The van der Waals surface area contributed by atoms with Crippen LogP contribution >= 0.6 is 0 Å². The van der Waals surface area contributed by atoms with Gasteiger partial charge in [-0.2, -0.15) is 9.40 Å². The Hall–Kier alpha value is -1.21. The fraction of sp³-hybridized carbons (Fsp3) is 0.667. The molecule has 2 heterocycles. The van der Waals surface area contributed by atoms with Crippen LogP contribution in [-0.4, -0.2) is 54.3 Å². The van der Waals surface area contributed by atoms with Crippen molar-refractivity contribution in [3.63, 3.8) is 0 Å². The predicted molar refractivity (Wildman–Crippen MR) is 74.6 cm³/mol. The minimum absolute atomic E-state index is 0.363. The summed E-state index contributed by atoms with van der Waals surface area (Å²) in [6, 6.07) is 3.84. The van der Waals surface area contributed by atoms with Crippen LogP contribution in [0, 0.1) is 6.92 Å². The number of sulfonamides is 1. The van der Waals surface area contributed by atoms with Gasteiger partial charge in [-0.3, -0.25) is 0 Å². The highest BCUT2D eigenvalue weighted by atomic mass is 32.2. The lowest BCUT2D eigenvalue weighted by Gasteiger charge is -2.35. The van der Waals surface area contributed by atoms with Gasteiger partial charge >= 0.3 is 0 Å². The van der Waals surface area contributed by atoms with Gasteiger partial charge in [-0.15, -0.1) is 5.10 Å². The smallest absolute Gasteiger partial charge is 0.216 e. The maximum absolute atomic E-state index is 12.1. The Kier molecular flexibility index (Phi) is 4.05. The lowest BCUT2D eigenvalue weighted by molar-refractivity contribution is 0.379. The van der Waals surface area contributed by atoms with E-state index >= 15 is 0 Å². The van der Waals surface area contributed by atoms with Crippen LogP contribution in [0.25, 0.3) is 0 Å². The molecule has 7 heteroatoms. The standard InChI is InChI=1S/C12H20N4O2S/c1-10(2)19(17,18)16-8-6-15(7-9-16)12-5-4-11(3)13-14-12/h4-5,10H,6-9H2,1-3H3. The summed E-state index contributed by atoms with van der Waals surface area (Å²) in [5.74, 6) is 0.812. The van der Waals surface area contributed by atoms with E-state index in [1.54, 1.807) is 18.2 Å². The molecule has 0 saturated carbocycles. The Balaban J connectivity index is 2.02. The number of anilines is 1. The molecule has 0 unspecified atom stereocenters. The third kappa shape index (κ3) is 3.03. The molecule has 1 saturated heterocycles. The van der Waals surface area contributed by atoms with Crippen molar-refractivity contribution in [3.05, 3.63) is 17.8 Å². The Labute approximate surface area is 114 Å². The average Bonchev–Trinajstić information content (AvgIpc) is 2.39. The third-order valence-electron chi connectivity index (χ3n) is 3.30. The van der Waals surface area contributed by atoms with Crippen molar-refractivity contribution >= 4 is 15.8 Å². The summed E-state index contributed by atoms with van der Waals surface area (Å²) in [6.07, 6.45) is 0. The number of aromatic nitrogens is 2. The van der Waals surface area contributed by atoms with Crippen molar-refractivity contribution in [3.8, 4) is 0 Å². The van der Waals surface area contributed by atoms with Crippen LogP contribution < -0.4 is 4.90 Å². The molecule has 1 aromatic rings. The van der Waals surface area contributed by atoms with Crippen LogP contribution in [0.15, 0.2) is 12.1 Å². The van der Waals surface area contributed by atoms with E-state index in [1.807, 2.05) is 19.1 Å². The maximum atomic E-state index is 12.1. The molecule has 0 atom stereocenters. The normalized spacial score (nSPS) is 18.0. The summed E-state index contributed by atoms with van der Waals surface area (Å²) in [4.78, 5) is 2.07. The number of hydrogen-bond acceptors (Lipinski definition) is 5. The van der Waals surface area contributed by atoms with Gasteiger partial charge in [0.15, 0.2) is 5.82 Å². The van der Waals surface area contributed by atoms with E-state index in [0.29, 0.717) is 26.2 Å². The minimum Gasteiger partial charge on any atom is -0.352 e. The van der Waals surface area contributed by atoms with Crippen LogP contribution in [0.2, 0.25) is 0 Å². The highest BCUT2D eigenvalue weighted by molar-refractivity contribution is 7.89. The number of aryl methyl sites for hydroxylation is 1. The summed E-state index contributed by atoms with van der Waals surface area (Å²) in [5, 5.41) is 7.80. The van der Waals surface area contributed by atoms with Gasteiger partial charge in [0.1, 0.15) is 0 Å². The van der Waals surface area contributed by atoms with Crippen molar-refractivity contribution < 1.29 is 8.42 Å². The Morgan fingerprint density at radius 2 is 1.74 bits per heavy atom. The predicted octanol–water partition coefficient (Wildman–Crippen LogP) is 0.645. The van der Waals surface area contributed by atoms with Crippen LogP contribution in [0.5, 0.6) is 0 Å². The fourth-order valence-electron chi connectivity index (χ4n) is 2.03. The van der Waals surface area contributed by atoms with Gasteiger partial charge in [-0.25, -0.2) is 8.42 Å². The zero-order valence-corrected chi connectivity index (χ0v) is 12.4. The van der Waals surface area contributed by atoms with Gasteiger partial charge in [0.2, 0.25) is 10.0 Å². The van der Waals surface area contributed by atoms with Crippen molar-refractivity contribution in [2.45, 2.75) is 26.0 Å². The van der Waals surface area contributed by atoms with Gasteiger partial charge in [-0.05, 0) is 32.9 Å². The zero-order chi connectivity index (χ0) is 14.0. The summed E-state index contributed by atoms with van der Waals surface area (Å²) in [7, 11) is -3.14. The molecule has 106 valence electrons. The summed E-state index contributed by atoms with van der Waals surface area (Å²) in [5.41, 5.74) is 0.879. The molecule has 0 aliphatic carbocycles. The van der Waals surface area contributed by atoms with E-state index in [2.05, 4.69) is 15.1 Å². The van der Waals surface area contributed by atoms with E-state index < -0.39 is 10.0 Å². The molecule has 1 aliphatic heterocycles. The van der Waals surface area contributed by atoms with Crippen LogP contribution in [-0.2, 0) is 10.0 Å². The highest BCUT2D eigenvalue weighted by Gasteiger charge is 2.29. The number of nitrogens with zero attached hydrogens (tertiary/aromatic N) is 4. The zero-order valence-electron chi connectivity index (χ0n) is 11.6. The molecule has 1 fully saturated rings. The molecule has 6 nitrogen and oxygen atoms in total. The Morgan fingerprint density at radius 3 is 2.21 bits per heavy atom. The van der Waals surface area contributed by atoms with Gasteiger partial charge in [0.05, 0.1) is 10.9 Å². The van der Waals surface area contributed by atoms with E-state index in [-0.39, 0.29) is 5.25 Å². The number of rotatable bonds is 3. The van der Waals surface area contributed by atoms with Crippen LogP contribution in [0.1, 0.15) is 19.5 Å². The molecule has 2 rings (SSSR count). The SMILES string of the molecule is Cc1ccc(N2CCN(S(=O)(=O)C(C)C)CC2)nn1. The molecule has 0 radical (unpaired) electrons. The molecule has 19 heavy (non-hydrogen) atoms.